The van der Waals surface area contributed by atoms with Gasteiger partial charge in [-0.05, 0) is 54.3 Å². The predicted molar refractivity (Wildman–Crippen MR) is 187 cm³/mol. The van der Waals surface area contributed by atoms with E-state index in [4.69, 9.17) is 31.1 Å². The van der Waals surface area contributed by atoms with Crippen molar-refractivity contribution in [2.45, 2.75) is 38.0 Å². The van der Waals surface area contributed by atoms with Crippen LogP contribution in [0.15, 0.2) is 132 Å². The fourth-order valence-corrected chi connectivity index (χ4v) is 6.15. The van der Waals surface area contributed by atoms with E-state index in [9.17, 15) is 9.59 Å². The van der Waals surface area contributed by atoms with Crippen molar-refractivity contribution in [3.05, 3.63) is 159 Å². The van der Waals surface area contributed by atoms with E-state index in [1.54, 1.807) is 31.3 Å². The van der Waals surface area contributed by atoms with Crippen LogP contribution >= 0.6 is 11.6 Å². The van der Waals surface area contributed by atoms with Gasteiger partial charge in [0, 0.05) is 34.9 Å². The maximum atomic E-state index is 14.3. The number of carbonyl (C=O) groups excluding carboxylic acids is 2. The smallest absolute Gasteiger partial charge is 0.336 e. The zero-order valence-corrected chi connectivity index (χ0v) is 28.1. The summed E-state index contributed by atoms with van der Waals surface area (Å²) in [5.41, 5.74) is 5.17. The molecule has 0 radical (unpaired) electrons. The van der Waals surface area contributed by atoms with Gasteiger partial charge in [-0.3, -0.25) is 4.98 Å². The molecule has 0 aliphatic carbocycles. The third-order valence-electron chi connectivity index (χ3n) is 8.23. The first-order valence-electron chi connectivity index (χ1n) is 16.2. The second kappa shape index (κ2) is 17.8. The number of pyridine rings is 1. The number of aromatic nitrogens is 1. The van der Waals surface area contributed by atoms with Crippen LogP contribution in [-0.4, -0.2) is 43.4 Å². The molecule has 1 aliphatic rings. The number of hydrogen-bond acceptors (Lipinski definition) is 8. The van der Waals surface area contributed by atoms with Crippen molar-refractivity contribution in [1.29, 1.82) is 5.26 Å². The minimum Gasteiger partial charge on any atom is -0.462 e. The number of dihydropyridines is 1. The number of nitriles is 1. The van der Waals surface area contributed by atoms with Crippen molar-refractivity contribution in [1.82, 2.24) is 10.3 Å². The van der Waals surface area contributed by atoms with Crippen LogP contribution in [0.4, 0.5) is 0 Å². The molecule has 1 atom stereocenters. The SMILES string of the molecule is CC1=C(C(=O)OCCC#N)C(c2cccc(Cl)c2)C(C(=O)OCCC(c2ccccc2)c2ccccc2)=C(COCCc2ccccn2)N1. The number of halogens is 1. The Labute approximate surface area is 292 Å². The summed E-state index contributed by atoms with van der Waals surface area (Å²) in [6.45, 7) is 2.20. The Bertz CT molecular complexity index is 1780. The first-order chi connectivity index (χ1) is 24.0. The molecule has 0 saturated carbocycles. The molecule has 9 heteroatoms. The quantitative estimate of drug-likeness (QED) is 0.102. The number of carbonyl (C=O) groups is 2. The lowest BCUT2D eigenvalue weighted by atomic mass is 9.80. The van der Waals surface area contributed by atoms with Gasteiger partial charge in [0.15, 0.2) is 0 Å². The van der Waals surface area contributed by atoms with Crippen molar-refractivity contribution in [3.8, 4) is 6.07 Å². The van der Waals surface area contributed by atoms with Crippen LogP contribution in [0.5, 0.6) is 0 Å². The number of nitrogens with one attached hydrogen (secondary N) is 1. The second-order valence-corrected chi connectivity index (χ2v) is 11.9. The fourth-order valence-electron chi connectivity index (χ4n) is 5.95. The summed E-state index contributed by atoms with van der Waals surface area (Å²) >= 11 is 6.44. The van der Waals surface area contributed by atoms with Crippen molar-refractivity contribution < 1.29 is 23.8 Å². The Hall–Kier alpha value is -5.23. The van der Waals surface area contributed by atoms with Gasteiger partial charge in [0.2, 0.25) is 0 Å². The molecule has 5 rings (SSSR count). The molecule has 1 N–H and O–H groups in total. The molecular weight excluding hydrogens is 638 g/mol. The minimum atomic E-state index is -0.865. The molecule has 0 bridgehead atoms. The lowest BCUT2D eigenvalue weighted by Gasteiger charge is -2.32. The largest absolute Gasteiger partial charge is 0.462 e. The molecule has 4 aromatic rings. The number of esters is 2. The van der Waals surface area contributed by atoms with Gasteiger partial charge < -0.3 is 19.5 Å². The summed E-state index contributed by atoms with van der Waals surface area (Å²) in [6, 6.07) is 34.9. The van der Waals surface area contributed by atoms with Crippen LogP contribution in [0.25, 0.3) is 0 Å². The van der Waals surface area contributed by atoms with Gasteiger partial charge >= 0.3 is 11.9 Å². The van der Waals surface area contributed by atoms with Gasteiger partial charge in [0.1, 0.15) is 6.61 Å². The van der Waals surface area contributed by atoms with Gasteiger partial charge in [-0.15, -0.1) is 0 Å². The maximum absolute atomic E-state index is 14.3. The third-order valence-corrected chi connectivity index (χ3v) is 8.47. The number of ether oxygens (including phenoxy) is 3. The second-order valence-electron chi connectivity index (χ2n) is 11.5. The van der Waals surface area contributed by atoms with Crippen LogP contribution in [0.2, 0.25) is 5.02 Å². The Balaban J connectivity index is 1.45. The van der Waals surface area contributed by atoms with E-state index in [2.05, 4.69) is 34.6 Å². The summed E-state index contributed by atoms with van der Waals surface area (Å²) in [6.07, 6.45) is 2.89. The third kappa shape index (κ3) is 9.44. The Morgan fingerprint density at radius 1 is 0.857 bits per heavy atom. The molecule has 0 amide bonds. The highest BCUT2D eigenvalue weighted by molar-refractivity contribution is 6.30. The molecule has 1 aromatic heterocycles. The number of nitrogens with zero attached hydrogens (tertiary/aromatic N) is 2. The monoisotopic (exact) mass is 675 g/mol. The van der Waals surface area contributed by atoms with E-state index in [1.807, 2.05) is 66.7 Å². The van der Waals surface area contributed by atoms with Gasteiger partial charge in [-0.2, -0.15) is 5.26 Å². The van der Waals surface area contributed by atoms with Crippen molar-refractivity contribution in [2.75, 3.05) is 26.4 Å². The molecular formula is C40H38ClN3O5. The fraction of sp³-hybridized carbons (Fsp3) is 0.250. The highest BCUT2D eigenvalue weighted by Gasteiger charge is 2.39. The van der Waals surface area contributed by atoms with Gasteiger partial charge in [0.05, 0.1) is 55.1 Å². The summed E-state index contributed by atoms with van der Waals surface area (Å²) in [4.78, 5) is 32.2. The van der Waals surface area contributed by atoms with Crippen molar-refractivity contribution in [3.63, 3.8) is 0 Å². The van der Waals surface area contributed by atoms with E-state index in [0.29, 0.717) is 41.4 Å². The van der Waals surface area contributed by atoms with Crippen LogP contribution in [-0.2, 0) is 30.2 Å². The minimum absolute atomic E-state index is 0.000370. The average Bonchev–Trinajstić information content (AvgIpc) is 3.12. The average molecular weight is 676 g/mol. The number of hydrogen-bond donors (Lipinski definition) is 1. The number of rotatable bonds is 15. The van der Waals surface area contributed by atoms with Crippen molar-refractivity contribution >= 4 is 23.5 Å². The van der Waals surface area contributed by atoms with E-state index < -0.39 is 17.9 Å². The van der Waals surface area contributed by atoms with Crippen LogP contribution in [0.1, 0.15) is 54.0 Å². The molecule has 0 spiro atoms. The first-order valence-corrected chi connectivity index (χ1v) is 16.6. The highest BCUT2D eigenvalue weighted by atomic mass is 35.5. The van der Waals surface area contributed by atoms with Crippen molar-refractivity contribution in [2.24, 2.45) is 0 Å². The lowest BCUT2D eigenvalue weighted by molar-refractivity contribution is -0.140. The normalized spacial score (nSPS) is 14.3. The predicted octanol–water partition coefficient (Wildman–Crippen LogP) is 7.43. The zero-order valence-electron chi connectivity index (χ0n) is 27.3. The molecule has 250 valence electrons. The Morgan fingerprint density at radius 3 is 2.18 bits per heavy atom. The highest BCUT2D eigenvalue weighted by Crippen LogP contribution is 2.40. The Kier molecular flexibility index (Phi) is 12.7. The Morgan fingerprint density at radius 2 is 1.53 bits per heavy atom. The number of allylic oxidation sites excluding steroid dienone is 1. The first kappa shape index (κ1) is 35.1. The molecule has 2 heterocycles. The summed E-state index contributed by atoms with van der Waals surface area (Å²) in [5.74, 6) is -2.09. The summed E-state index contributed by atoms with van der Waals surface area (Å²) < 4.78 is 17.6. The number of benzene rings is 3. The van der Waals surface area contributed by atoms with E-state index in [1.165, 1.54) is 0 Å². The molecule has 3 aromatic carbocycles. The maximum Gasteiger partial charge on any atom is 0.336 e. The molecule has 0 saturated heterocycles. The molecule has 8 nitrogen and oxygen atoms in total. The van der Waals surface area contributed by atoms with Gasteiger partial charge in [-0.1, -0.05) is 90.5 Å². The molecule has 49 heavy (non-hydrogen) atoms. The van der Waals surface area contributed by atoms with Crippen LogP contribution in [0.3, 0.4) is 0 Å². The van der Waals surface area contributed by atoms with Gasteiger partial charge in [-0.25, -0.2) is 9.59 Å². The lowest BCUT2D eigenvalue weighted by Crippen LogP contribution is -2.35. The molecule has 1 aliphatic heterocycles. The van der Waals surface area contributed by atoms with Crippen LogP contribution < -0.4 is 5.32 Å². The zero-order chi connectivity index (χ0) is 34.4. The molecule has 0 fully saturated rings. The van der Waals surface area contributed by atoms with E-state index in [0.717, 1.165) is 16.8 Å². The summed E-state index contributed by atoms with van der Waals surface area (Å²) in [5, 5.41) is 12.7. The molecule has 1 unspecified atom stereocenters. The standard InChI is InChI=1S/C40H38ClN3O5/c1-28-36(39(45)48-23-11-21-42)37(31-16-10-17-32(41)26-31)38(35(44-28)27-47-24-19-33-18-8-9-22-43-33)40(46)49-25-20-34(29-12-4-2-5-13-29)30-14-6-3-7-15-30/h2-10,12-18,22,26,34,37,44H,11,19-20,23-25,27H2,1H3. The topological polar surface area (TPSA) is 111 Å². The van der Waals surface area contributed by atoms with E-state index >= 15 is 0 Å². The van der Waals surface area contributed by atoms with E-state index in [-0.39, 0.29) is 43.3 Å². The summed E-state index contributed by atoms with van der Waals surface area (Å²) in [7, 11) is 0. The van der Waals surface area contributed by atoms with Gasteiger partial charge in [0.25, 0.3) is 0 Å². The van der Waals surface area contributed by atoms with Crippen LogP contribution in [0, 0.1) is 11.3 Å².